The van der Waals surface area contributed by atoms with Crippen molar-refractivity contribution in [2.45, 2.75) is 25.3 Å². The lowest BCUT2D eigenvalue weighted by Gasteiger charge is -2.28. The predicted octanol–water partition coefficient (Wildman–Crippen LogP) is 2.80. The molecule has 4 rings (SSSR count). The fraction of sp³-hybridized carbons (Fsp3) is 0.348. The second-order valence-corrected chi connectivity index (χ2v) is 7.80. The molecule has 156 valence electrons. The molecule has 2 aromatic rings. The number of anilines is 1. The number of benzene rings is 2. The lowest BCUT2D eigenvalue weighted by Crippen LogP contribution is -2.44. The summed E-state index contributed by atoms with van der Waals surface area (Å²) in [5.74, 6) is -0.329. The van der Waals surface area contributed by atoms with Gasteiger partial charge in [-0.2, -0.15) is 5.10 Å². The molecule has 0 bridgehead atoms. The number of aryl methyl sites for hydroxylation is 1. The molecule has 7 heteroatoms. The number of carbonyl (C=O) groups excluding carboxylic acids is 2. The van der Waals surface area contributed by atoms with Gasteiger partial charge in [-0.15, -0.1) is 5.01 Å². The van der Waals surface area contributed by atoms with E-state index in [1.54, 1.807) is 13.1 Å². The largest absolute Gasteiger partial charge is 0.378 e. The first kappa shape index (κ1) is 20.1. The van der Waals surface area contributed by atoms with E-state index in [9.17, 15) is 9.59 Å². The Morgan fingerprint density at radius 2 is 1.77 bits per heavy atom. The van der Waals surface area contributed by atoms with Gasteiger partial charge < -0.3 is 15.0 Å². The molecule has 2 saturated heterocycles. The van der Waals surface area contributed by atoms with Gasteiger partial charge in [-0.3, -0.25) is 4.79 Å². The minimum absolute atomic E-state index is 0.329. The third kappa shape index (κ3) is 4.36. The van der Waals surface area contributed by atoms with Gasteiger partial charge in [0, 0.05) is 18.8 Å². The van der Waals surface area contributed by atoms with Crippen LogP contribution in [0.25, 0.3) is 0 Å². The number of carbonyl (C=O) groups is 2. The zero-order chi connectivity index (χ0) is 21.0. The summed E-state index contributed by atoms with van der Waals surface area (Å²) in [4.78, 5) is 27.5. The van der Waals surface area contributed by atoms with E-state index in [0.29, 0.717) is 12.8 Å². The highest BCUT2D eigenvalue weighted by atomic mass is 16.5. The van der Waals surface area contributed by atoms with Gasteiger partial charge in [0.2, 0.25) is 0 Å². The Morgan fingerprint density at radius 3 is 2.47 bits per heavy atom. The summed E-state index contributed by atoms with van der Waals surface area (Å²) in [6, 6.07) is 17.3. The zero-order valence-corrected chi connectivity index (χ0v) is 17.1. The average molecular weight is 406 g/mol. The van der Waals surface area contributed by atoms with Crippen molar-refractivity contribution in [1.82, 2.24) is 10.3 Å². The fourth-order valence-corrected chi connectivity index (χ4v) is 3.70. The standard InChI is InChI=1S/C23H26N4O3/c1-23(12-11-18-5-3-2-4-6-18)21(28)27(22(29)25-23)24-17-19-7-9-20(10-8-19)26-13-15-30-16-14-26/h2-10,17H,11-16H2,1H3,(H,25,29)/b24-17-/t23-/m0/s1. The highest BCUT2D eigenvalue weighted by molar-refractivity contribution is 6.07. The van der Waals surface area contributed by atoms with E-state index in [1.165, 1.54) is 0 Å². The minimum Gasteiger partial charge on any atom is -0.378 e. The SMILES string of the molecule is C[C@@]1(CCc2ccccc2)NC(=O)N(/N=C\c2ccc(N3CCOCC3)cc2)C1=O. The van der Waals surface area contributed by atoms with Crippen LogP contribution in [0.1, 0.15) is 24.5 Å². The Kier molecular flexibility index (Phi) is 5.81. The number of urea groups is 1. The first-order valence-electron chi connectivity index (χ1n) is 10.2. The van der Waals surface area contributed by atoms with Crippen molar-refractivity contribution >= 4 is 23.8 Å². The number of hydrazone groups is 1. The summed E-state index contributed by atoms with van der Waals surface area (Å²) in [6.07, 6.45) is 2.76. The highest BCUT2D eigenvalue weighted by Crippen LogP contribution is 2.24. The molecule has 0 aliphatic carbocycles. The van der Waals surface area contributed by atoms with Gasteiger partial charge in [-0.25, -0.2) is 4.79 Å². The van der Waals surface area contributed by atoms with E-state index < -0.39 is 11.6 Å². The van der Waals surface area contributed by atoms with Crippen molar-refractivity contribution in [3.8, 4) is 0 Å². The molecule has 2 aliphatic heterocycles. The Morgan fingerprint density at radius 1 is 1.07 bits per heavy atom. The van der Waals surface area contributed by atoms with Gasteiger partial charge >= 0.3 is 6.03 Å². The molecule has 0 radical (unpaired) electrons. The minimum atomic E-state index is -0.954. The molecule has 2 aliphatic rings. The number of morpholine rings is 1. The van der Waals surface area contributed by atoms with Crippen LogP contribution >= 0.6 is 0 Å². The Hall–Kier alpha value is -3.19. The lowest BCUT2D eigenvalue weighted by atomic mass is 9.93. The maximum absolute atomic E-state index is 12.9. The number of hydrogen-bond acceptors (Lipinski definition) is 5. The van der Waals surface area contributed by atoms with E-state index in [4.69, 9.17) is 4.74 Å². The van der Waals surface area contributed by atoms with Gasteiger partial charge in [-0.1, -0.05) is 42.5 Å². The summed E-state index contributed by atoms with van der Waals surface area (Å²) in [6.45, 7) is 4.97. The maximum atomic E-state index is 12.9. The molecule has 7 nitrogen and oxygen atoms in total. The maximum Gasteiger partial charge on any atom is 0.346 e. The summed E-state index contributed by atoms with van der Waals surface area (Å²) < 4.78 is 5.38. The summed E-state index contributed by atoms with van der Waals surface area (Å²) in [5, 5.41) is 7.89. The van der Waals surface area contributed by atoms with Crippen molar-refractivity contribution in [3.63, 3.8) is 0 Å². The number of imide groups is 1. The normalized spacial score (nSPS) is 22.0. The topological polar surface area (TPSA) is 74.2 Å². The van der Waals surface area contributed by atoms with E-state index >= 15 is 0 Å². The van der Waals surface area contributed by atoms with Gasteiger partial charge in [-0.05, 0) is 43.0 Å². The summed E-state index contributed by atoms with van der Waals surface area (Å²) >= 11 is 0. The molecular weight excluding hydrogens is 380 g/mol. The van der Waals surface area contributed by atoms with Crippen molar-refractivity contribution in [2.75, 3.05) is 31.2 Å². The monoisotopic (exact) mass is 406 g/mol. The van der Waals surface area contributed by atoms with Gasteiger partial charge in [0.1, 0.15) is 5.54 Å². The van der Waals surface area contributed by atoms with Gasteiger partial charge in [0.05, 0.1) is 19.4 Å². The van der Waals surface area contributed by atoms with E-state index in [2.05, 4.69) is 15.3 Å². The van der Waals surface area contributed by atoms with Crippen LogP contribution in [0.5, 0.6) is 0 Å². The number of hydrogen-bond donors (Lipinski definition) is 1. The third-order valence-electron chi connectivity index (χ3n) is 5.59. The fourth-order valence-electron chi connectivity index (χ4n) is 3.70. The molecule has 2 fully saturated rings. The Balaban J connectivity index is 1.39. The molecule has 0 spiro atoms. The number of amides is 3. The van der Waals surface area contributed by atoms with Crippen LogP contribution in [0.15, 0.2) is 59.7 Å². The van der Waals surface area contributed by atoms with E-state index in [0.717, 1.165) is 48.1 Å². The molecule has 2 aromatic carbocycles. The van der Waals surface area contributed by atoms with Crippen LogP contribution in [-0.2, 0) is 16.0 Å². The number of nitrogens with zero attached hydrogens (tertiary/aromatic N) is 3. The Labute approximate surface area is 176 Å². The first-order chi connectivity index (χ1) is 14.5. The smallest absolute Gasteiger partial charge is 0.346 e. The molecule has 1 atom stereocenters. The molecule has 0 aromatic heterocycles. The van der Waals surface area contributed by atoms with Crippen LogP contribution in [0.2, 0.25) is 0 Å². The molecule has 0 saturated carbocycles. The molecule has 3 amide bonds. The third-order valence-corrected chi connectivity index (χ3v) is 5.59. The van der Waals surface area contributed by atoms with Crippen molar-refractivity contribution in [2.24, 2.45) is 5.10 Å². The van der Waals surface area contributed by atoms with Crippen LogP contribution in [0.4, 0.5) is 10.5 Å². The summed E-state index contributed by atoms with van der Waals surface area (Å²) in [7, 11) is 0. The molecule has 1 N–H and O–H groups in total. The second-order valence-electron chi connectivity index (χ2n) is 7.80. The van der Waals surface area contributed by atoms with E-state index in [-0.39, 0.29) is 5.91 Å². The molecule has 0 unspecified atom stereocenters. The van der Waals surface area contributed by atoms with Gasteiger partial charge in [0.15, 0.2) is 0 Å². The average Bonchev–Trinajstić information content (AvgIpc) is 3.01. The Bertz CT molecular complexity index is 923. The number of ether oxygens (including phenoxy) is 1. The van der Waals surface area contributed by atoms with Crippen molar-refractivity contribution < 1.29 is 14.3 Å². The second kappa shape index (κ2) is 8.67. The van der Waals surface area contributed by atoms with E-state index in [1.807, 2.05) is 54.6 Å². The van der Waals surface area contributed by atoms with Crippen molar-refractivity contribution in [1.29, 1.82) is 0 Å². The van der Waals surface area contributed by atoms with Gasteiger partial charge in [0.25, 0.3) is 5.91 Å². The number of nitrogens with one attached hydrogen (secondary N) is 1. The zero-order valence-electron chi connectivity index (χ0n) is 17.1. The van der Waals surface area contributed by atoms with Crippen molar-refractivity contribution in [3.05, 3.63) is 65.7 Å². The number of rotatable bonds is 6. The first-order valence-corrected chi connectivity index (χ1v) is 10.2. The molecule has 2 heterocycles. The van der Waals surface area contributed by atoms with Crippen LogP contribution in [0.3, 0.4) is 0 Å². The predicted molar refractivity (Wildman–Crippen MR) is 116 cm³/mol. The lowest BCUT2D eigenvalue weighted by molar-refractivity contribution is -0.130. The van der Waals surface area contributed by atoms with Crippen LogP contribution < -0.4 is 10.2 Å². The quantitative estimate of drug-likeness (QED) is 0.591. The molecular formula is C23H26N4O3. The molecule has 30 heavy (non-hydrogen) atoms. The van der Waals surface area contributed by atoms with Crippen LogP contribution in [-0.4, -0.2) is 55.0 Å². The van der Waals surface area contributed by atoms with Crippen LogP contribution in [0, 0.1) is 0 Å². The highest BCUT2D eigenvalue weighted by Gasteiger charge is 2.47. The summed E-state index contributed by atoms with van der Waals surface area (Å²) in [5.41, 5.74) is 2.12.